The maximum atomic E-state index is 6.02. The van der Waals surface area contributed by atoms with Gasteiger partial charge in [-0.1, -0.05) is 6.07 Å². The van der Waals surface area contributed by atoms with Crippen LogP contribution in [0.2, 0.25) is 0 Å². The van der Waals surface area contributed by atoms with Gasteiger partial charge in [-0.15, -0.1) is 11.3 Å². The molecule has 3 N–H and O–H groups in total. The molecule has 0 radical (unpaired) electrons. The maximum absolute atomic E-state index is 6.02. The number of nitrogen functional groups attached to an aromatic ring is 1. The number of rotatable bonds is 5. The van der Waals surface area contributed by atoms with Crippen molar-refractivity contribution in [1.82, 2.24) is 9.97 Å². The van der Waals surface area contributed by atoms with Crippen molar-refractivity contribution in [2.75, 3.05) is 36.6 Å². The number of nitrogens with zero attached hydrogens (tertiary/aromatic N) is 3. The molecule has 0 bridgehead atoms. The Morgan fingerprint density at radius 2 is 2.22 bits per heavy atom. The van der Waals surface area contributed by atoms with Crippen LogP contribution in [0.3, 0.4) is 0 Å². The summed E-state index contributed by atoms with van der Waals surface area (Å²) < 4.78 is 0. The molecular weight excluding hydrogens is 246 g/mol. The predicted octanol–water partition coefficient (Wildman–Crippen LogP) is 1.84. The Balaban J connectivity index is 1.99. The van der Waals surface area contributed by atoms with Gasteiger partial charge in [-0.05, 0) is 17.9 Å². The minimum Gasteiger partial charge on any atom is -0.393 e. The van der Waals surface area contributed by atoms with E-state index in [0.29, 0.717) is 11.5 Å². The summed E-state index contributed by atoms with van der Waals surface area (Å²) in [5.41, 5.74) is 6.61. The molecule has 0 saturated heterocycles. The van der Waals surface area contributed by atoms with E-state index in [-0.39, 0.29) is 0 Å². The number of thiophene rings is 1. The van der Waals surface area contributed by atoms with Gasteiger partial charge >= 0.3 is 0 Å². The zero-order chi connectivity index (χ0) is 13.0. The van der Waals surface area contributed by atoms with Gasteiger partial charge in [0.25, 0.3) is 0 Å². The molecule has 0 atom stereocenters. The molecule has 2 aromatic rings. The van der Waals surface area contributed by atoms with E-state index in [1.54, 1.807) is 11.3 Å². The Morgan fingerprint density at radius 3 is 2.89 bits per heavy atom. The average Bonchev–Trinajstić information content (AvgIpc) is 2.84. The molecule has 6 heteroatoms. The van der Waals surface area contributed by atoms with Crippen molar-refractivity contribution in [2.45, 2.75) is 6.42 Å². The lowest BCUT2D eigenvalue weighted by Gasteiger charge is -2.15. The minimum absolute atomic E-state index is 0.591. The summed E-state index contributed by atoms with van der Waals surface area (Å²) in [7, 11) is 3.82. The van der Waals surface area contributed by atoms with Crippen LogP contribution in [0.4, 0.5) is 17.3 Å². The van der Waals surface area contributed by atoms with E-state index < -0.39 is 0 Å². The molecule has 0 aromatic carbocycles. The number of nitrogens with two attached hydrogens (primary N) is 1. The van der Waals surface area contributed by atoms with Crippen LogP contribution in [0.15, 0.2) is 23.8 Å². The van der Waals surface area contributed by atoms with Crippen LogP contribution in [-0.4, -0.2) is 30.6 Å². The number of anilines is 3. The monoisotopic (exact) mass is 263 g/mol. The molecule has 0 fully saturated rings. The molecular formula is C12H17N5S. The molecule has 2 aromatic heterocycles. The van der Waals surface area contributed by atoms with Crippen LogP contribution in [0, 0.1) is 0 Å². The molecule has 0 amide bonds. The molecule has 0 aliphatic carbocycles. The van der Waals surface area contributed by atoms with Gasteiger partial charge in [0.2, 0.25) is 0 Å². The van der Waals surface area contributed by atoms with Crippen LogP contribution in [0.25, 0.3) is 0 Å². The summed E-state index contributed by atoms with van der Waals surface area (Å²) in [5, 5.41) is 5.33. The van der Waals surface area contributed by atoms with E-state index >= 15 is 0 Å². The lowest BCUT2D eigenvalue weighted by molar-refractivity contribution is 1.00. The molecule has 2 heterocycles. The van der Waals surface area contributed by atoms with Gasteiger partial charge in [0.15, 0.2) is 11.6 Å². The van der Waals surface area contributed by atoms with Gasteiger partial charge in [0.05, 0.1) is 0 Å². The average molecular weight is 263 g/mol. The van der Waals surface area contributed by atoms with Gasteiger partial charge < -0.3 is 16.0 Å². The van der Waals surface area contributed by atoms with Crippen LogP contribution >= 0.6 is 11.3 Å². The Kier molecular flexibility index (Phi) is 3.99. The van der Waals surface area contributed by atoms with E-state index in [1.165, 1.54) is 11.2 Å². The van der Waals surface area contributed by atoms with Crippen molar-refractivity contribution < 1.29 is 0 Å². The highest BCUT2D eigenvalue weighted by Gasteiger charge is 2.08. The standard InChI is InChI=1S/C12H17N5S/c1-17(2)12-10(13)11(15-8-16-12)14-6-5-9-4-3-7-18-9/h3-4,7-8H,5-6,13H2,1-2H3,(H,14,15,16). The molecule has 96 valence electrons. The minimum atomic E-state index is 0.591. The van der Waals surface area contributed by atoms with Crippen molar-refractivity contribution in [1.29, 1.82) is 0 Å². The molecule has 0 unspecified atom stereocenters. The lowest BCUT2D eigenvalue weighted by atomic mass is 10.3. The van der Waals surface area contributed by atoms with Gasteiger partial charge in [-0.3, -0.25) is 0 Å². The van der Waals surface area contributed by atoms with E-state index in [1.807, 2.05) is 19.0 Å². The number of aromatic nitrogens is 2. The first-order valence-electron chi connectivity index (χ1n) is 5.72. The Morgan fingerprint density at radius 1 is 1.39 bits per heavy atom. The first-order valence-corrected chi connectivity index (χ1v) is 6.60. The summed E-state index contributed by atoms with van der Waals surface area (Å²) in [6.07, 6.45) is 2.50. The molecule has 2 rings (SSSR count). The second kappa shape index (κ2) is 5.68. The number of nitrogens with one attached hydrogen (secondary N) is 1. The zero-order valence-corrected chi connectivity index (χ0v) is 11.4. The van der Waals surface area contributed by atoms with E-state index in [9.17, 15) is 0 Å². The molecule has 5 nitrogen and oxygen atoms in total. The van der Waals surface area contributed by atoms with Crippen molar-refractivity contribution in [2.24, 2.45) is 0 Å². The summed E-state index contributed by atoms with van der Waals surface area (Å²) in [4.78, 5) is 11.5. The largest absolute Gasteiger partial charge is 0.393 e. The highest BCUT2D eigenvalue weighted by Crippen LogP contribution is 2.24. The predicted molar refractivity (Wildman–Crippen MR) is 77.3 cm³/mol. The molecule has 0 spiro atoms. The highest BCUT2D eigenvalue weighted by molar-refractivity contribution is 7.09. The first kappa shape index (κ1) is 12.6. The third-order valence-corrected chi connectivity index (χ3v) is 3.47. The van der Waals surface area contributed by atoms with E-state index in [0.717, 1.165) is 18.8 Å². The van der Waals surface area contributed by atoms with Crippen LogP contribution in [-0.2, 0) is 6.42 Å². The molecule has 0 aliphatic rings. The van der Waals surface area contributed by atoms with E-state index in [2.05, 4.69) is 32.8 Å². The lowest BCUT2D eigenvalue weighted by Crippen LogP contribution is -2.16. The maximum Gasteiger partial charge on any atom is 0.156 e. The highest BCUT2D eigenvalue weighted by atomic mass is 32.1. The van der Waals surface area contributed by atoms with E-state index in [4.69, 9.17) is 5.73 Å². The summed E-state index contributed by atoms with van der Waals surface area (Å²) in [6, 6.07) is 4.18. The molecule has 0 aliphatic heterocycles. The number of hydrogen-bond acceptors (Lipinski definition) is 6. The smallest absolute Gasteiger partial charge is 0.156 e. The fourth-order valence-electron chi connectivity index (χ4n) is 1.64. The van der Waals surface area contributed by atoms with Crippen molar-refractivity contribution in [3.8, 4) is 0 Å². The Bertz CT molecular complexity index is 495. The second-order valence-electron chi connectivity index (χ2n) is 4.11. The van der Waals surface area contributed by atoms with Crippen molar-refractivity contribution in [3.05, 3.63) is 28.7 Å². The van der Waals surface area contributed by atoms with Crippen LogP contribution in [0.1, 0.15) is 4.88 Å². The van der Waals surface area contributed by atoms with Crippen molar-refractivity contribution in [3.63, 3.8) is 0 Å². The van der Waals surface area contributed by atoms with Crippen LogP contribution < -0.4 is 16.0 Å². The van der Waals surface area contributed by atoms with Gasteiger partial charge in [0, 0.05) is 25.5 Å². The third-order valence-electron chi connectivity index (χ3n) is 2.53. The summed E-state index contributed by atoms with van der Waals surface area (Å²) >= 11 is 1.76. The zero-order valence-electron chi connectivity index (χ0n) is 10.6. The Hall–Kier alpha value is -1.82. The second-order valence-corrected chi connectivity index (χ2v) is 5.14. The van der Waals surface area contributed by atoms with Gasteiger partial charge in [0.1, 0.15) is 12.0 Å². The Labute approximate surface area is 111 Å². The molecule has 18 heavy (non-hydrogen) atoms. The van der Waals surface area contributed by atoms with Gasteiger partial charge in [-0.2, -0.15) is 0 Å². The topological polar surface area (TPSA) is 67.1 Å². The fraction of sp³-hybridized carbons (Fsp3) is 0.333. The SMILES string of the molecule is CN(C)c1ncnc(NCCc2cccs2)c1N. The van der Waals surface area contributed by atoms with Crippen molar-refractivity contribution >= 4 is 28.7 Å². The third kappa shape index (κ3) is 2.89. The summed E-state index contributed by atoms with van der Waals surface area (Å²) in [6.45, 7) is 0.814. The summed E-state index contributed by atoms with van der Waals surface area (Å²) in [5.74, 6) is 1.44. The van der Waals surface area contributed by atoms with Crippen LogP contribution in [0.5, 0.6) is 0 Å². The van der Waals surface area contributed by atoms with Gasteiger partial charge in [-0.25, -0.2) is 9.97 Å². The fourth-order valence-corrected chi connectivity index (χ4v) is 2.35. The molecule has 0 saturated carbocycles. The number of hydrogen-bond donors (Lipinski definition) is 2. The quantitative estimate of drug-likeness (QED) is 0.861. The first-order chi connectivity index (χ1) is 8.68. The normalized spacial score (nSPS) is 10.3.